The Morgan fingerprint density at radius 3 is 2.44 bits per heavy atom. The molecule has 0 rings (SSSR count). The number of nitrogens with two attached hydrogens (primary N) is 2. The molecule has 1 amide bonds. The van der Waals surface area contributed by atoms with Crippen molar-refractivity contribution in [2.45, 2.75) is 26.3 Å². The van der Waals surface area contributed by atoms with E-state index < -0.39 is 11.9 Å². The summed E-state index contributed by atoms with van der Waals surface area (Å²) in [5, 5.41) is 0. The molecule has 5 nitrogen and oxygen atoms in total. The van der Waals surface area contributed by atoms with Crippen molar-refractivity contribution in [3.63, 3.8) is 0 Å². The molecule has 0 heterocycles. The summed E-state index contributed by atoms with van der Waals surface area (Å²) in [5.74, 6) is -0.947. The molecule has 0 aromatic heterocycles. The van der Waals surface area contributed by atoms with Crippen molar-refractivity contribution >= 4 is 11.9 Å². The lowest BCUT2D eigenvalue weighted by Crippen LogP contribution is -2.27. The third-order valence-electron chi connectivity index (χ3n) is 1.89. The quantitative estimate of drug-likeness (QED) is 0.501. The fourth-order valence-corrected chi connectivity index (χ4v) is 0.803. The highest BCUT2D eigenvalue weighted by atomic mass is 16.5. The highest BCUT2D eigenvalue weighted by Gasteiger charge is 2.07. The summed E-state index contributed by atoms with van der Waals surface area (Å²) in [6.07, 6.45) is 2.06. The molecule has 0 aromatic rings. The Morgan fingerprint density at radius 2 is 2.00 bits per heavy atom. The first-order valence-electron chi connectivity index (χ1n) is 4.89. The van der Waals surface area contributed by atoms with Gasteiger partial charge < -0.3 is 16.2 Å². The summed E-state index contributed by atoms with van der Waals surface area (Å²) in [6, 6.07) is -0.349. The van der Waals surface area contributed by atoms with Gasteiger partial charge in [0.05, 0.1) is 0 Å². The van der Waals surface area contributed by atoms with Crippen LogP contribution in [0.2, 0.25) is 0 Å². The highest BCUT2D eigenvalue weighted by Crippen LogP contribution is 1.99. The zero-order chi connectivity index (χ0) is 12.7. The molecule has 0 bridgehead atoms. The van der Waals surface area contributed by atoms with E-state index in [9.17, 15) is 9.59 Å². The van der Waals surface area contributed by atoms with Gasteiger partial charge in [0.25, 0.3) is 0 Å². The first-order valence-corrected chi connectivity index (χ1v) is 4.89. The summed E-state index contributed by atoms with van der Waals surface area (Å²) in [5.41, 5.74) is 11.5. The second-order valence-corrected chi connectivity index (χ2v) is 3.63. The Hall–Kier alpha value is -1.62. The molecule has 0 fully saturated rings. The van der Waals surface area contributed by atoms with Gasteiger partial charge in [-0.05, 0) is 20.3 Å². The van der Waals surface area contributed by atoms with Crippen LogP contribution in [0, 0.1) is 0 Å². The molecule has 0 aliphatic carbocycles. The normalized spacial score (nSPS) is 13.1. The molecule has 0 aliphatic rings. The molecular weight excluding hydrogens is 208 g/mol. The Bertz CT molecular complexity index is 321. The van der Waals surface area contributed by atoms with Crippen LogP contribution in [-0.2, 0) is 14.3 Å². The average Bonchev–Trinajstić information content (AvgIpc) is 2.21. The average molecular weight is 226 g/mol. The van der Waals surface area contributed by atoms with Crippen LogP contribution in [0.15, 0.2) is 23.8 Å². The van der Waals surface area contributed by atoms with Crippen molar-refractivity contribution in [2.75, 3.05) is 6.61 Å². The van der Waals surface area contributed by atoms with Gasteiger partial charge >= 0.3 is 5.97 Å². The fraction of sp³-hybridized carbons (Fsp3) is 0.455. The maximum absolute atomic E-state index is 11.0. The number of carbonyl (C=O) groups is 2. The summed E-state index contributed by atoms with van der Waals surface area (Å²) >= 11 is 0. The standard InChI is InChI=1S/C11H18N2O3/c1-7(2)11(15)16-6-9(12)5-4-8(3)10(13)14/h4,9H,1,5-6,12H2,2-3H3,(H2,13,14)/b8-4+. The van der Waals surface area contributed by atoms with Crippen LogP contribution in [0.4, 0.5) is 0 Å². The minimum Gasteiger partial charge on any atom is -0.461 e. The van der Waals surface area contributed by atoms with Crippen molar-refractivity contribution in [1.82, 2.24) is 0 Å². The SMILES string of the molecule is C=C(C)C(=O)OCC(N)C/C=C(\C)C(N)=O. The molecule has 0 aromatic carbocycles. The van der Waals surface area contributed by atoms with Crippen molar-refractivity contribution < 1.29 is 14.3 Å². The number of primary amides is 1. The molecule has 5 heteroatoms. The van der Waals surface area contributed by atoms with E-state index in [0.717, 1.165) is 0 Å². The fourth-order valence-electron chi connectivity index (χ4n) is 0.803. The molecule has 16 heavy (non-hydrogen) atoms. The Morgan fingerprint density at radius 1 is 1.44 bits per heavy atom. The van der Waals surface area contributed by atoms with Gasteiger partial charge in [-0.25, -0.2) is 4.79 Å². The largest absolute Gasteiger partial charge is 0.461 e. The number of hydrogen-bond acceptors (Lipinski definition) is 4. The Balaban J connectivity index is 3.97. The van der Waals surface area contributed by atoms with Crippen molar-refractivity contribution in [3.05, 3.63) is 23.8 Å². The van der Waals surface area contributed by atoms with E-state index in [0.29, 0.717) is 17.6 Å². The van der Waals surface area contributed by atoms with Crippen LogP contribution < -0.4 is 11.5 Å². The van der Waals surface area contributed by atoms with E-state index in [2.05, 4.69) is 6.58 Å². The van der Waals surface area contributed by atoms with Crippen molar-refractivity contribution in [3.8, 4) is 0 Å². The molecular formula is C11H18N2O3. The van der Waals surface area contributed by atoms with Gasteiger partial charge in [0.15, 0.2) is 0 Å². The smallest absolute Gasteiger partial charge is 0.333 e. The molecule has 90 valence electrons. The number of amides is 1. The Kier molecular flexibility index (Phi) is 6.10. The number of rotatable bonds is 6. The summed E-state index contributed by atoms with van der Waals surface area (Å²) in [4.78, 5) is 21.7. The lowest BCUT2D eigenvalue weighted by Gasteiger charge is -2.10. The minimum absolute atomic E-state index is 0.0915. The molecule has 1 unspecified atom stereocenters. The lowest BCUT2D eigenvalue weighted by molar-refractivity contribution is -0.139. The third-order valence-corrected chi connectivity index (χ3v) is 1.89. The Labute approximate surface area is 95.1 Å². The molecule has 4 N–H and O–H groups in total. The van der Waals surface area contributed by atoms with Crippen LogP contribution in [0.5, 0.6) is 0 Å². The molecule has 0 saturated heterocycles. The first kappa shape index (κ1) is 14.4. The maximum Gasteiger partial charge on any atom is 0.333 e. The van der Waals surface area contributed by atoms with Gasteiger partial charge in [-0.1, -0.05) is 12.7 Å². The second-order valence-electron chi connectivity index (χ2n) is 3.63. The summed E-state index contributed by atoms with van der Waals surface area (Å²) < 4.78 is 4.85. The van der Waals surface area contributed by atoms with Crippen LogP contribution >= 0.6 is 0 Å². The monoisotopic (exact) mass is 226 g/mol. The first-order chi connectivity index (χ1) is 7.34. The van der Waals surface area contributed by atoms with E-state index in [1.165, 1.54) is 0 Å². The maximum atomic E-state index is 11.0. The summed E-state index contributed by atoms with van der Waals surface area (Å²) in [7, 11) is 0. The van der Waals surface area contributed by atoms with Crippen LogP contribution in [0.25, 0.3) is 0 Å². The zero-order valence-electron chi connectivity index (χ0n) is 9.66. The van der Waals surface area contributed by atoms with E-state index in [1.54, 1.807) is 19.9 Å². The molecule has 0 spiro atoms. The molecule has 0 aliphatic heterocycles. The summed E-state index contributed by atoms with van der Waals surface area (Å²) in [6.45, 7) is 6.70. The van der Waals surface area contributed by atoms with Crippen LogP contribution in [0.3, 0.4) is 0 Å². The minimum atomic E-state index is -0.480. The van der Waals surface area contributed by atoms with E-state index in [1.807, 2.05) is 0 Å². The highest BCUT2D eigenvalue weighted by molar-refractivity contribution is 5.91. The predicted molar refractivity (Wildman–Crippen MR) is 61.3 cm³/mol. The van der Waals surface area contributed by atoms with Crippen LogP contribution in [-0.4, -0.2) is 24.5 Å². The van der Waals surface area contributed by atoms with E-state index in [4.69, 9.17) is 16.2 Å². The number of esters is 1. The van der Waals surface area contributed by atoms with Gasteiger partial charge in [-0.3, -0.25) is 4.79 Å². The lowest BCUT2D eigenvalue weighted by atomic mass is 10.1. The molecule has 0 saturated carbocycles. The predicted octanol–water partition coefficient (Wildman–Crippen LogP) is 0.255. The second kappa shape index (κ2) is 6.79. The van der Waals surface area contributed by atoms with E-state index in [-0.39, 0.29) is 12.6 Å². The van der Waals surface area contributed by atoms with Gasteiger partial charge in [0, 0.05) is 17.2 Å². The number of carbonyl (C=O) groups excluding carboxylic acids is 2. The van der Waals surface area contributed by atoms with Gasteiger partial charge in [0.1, 0.15) is 6.61 Å². The van der Waals surface area contributed by atoms with E-state index >= 15 is 0 Å². The number of hydrogen-bond donors (Lipinski definition) is 2. The zero-order valence-corrected chi connectivity index (χ0v) is 9.66. The van der Waals surface area contributed by atoms with Gasteiger partial charge in [-0.15, -0.1) is 0 Å². The van der Waals surface area contributed by atoms with Crippen molar-refractivity contribution in [2.24, 2.45) is 11.5 Å². The van der Waals surface area contributed by atoms with Gasteiger partial charge in [-0.2, -0.15) is 0 Å². The molecule has 0 radical (unpaired) electrons. The molecule has 1 atom stereocenters. The topological polar surface area (TPSA) is 95.4 Å². The van der Waals surface area contributed by atoms with Crippen molar-refractivity contribution in [1.29, 1.82) is 0 Å². The van der Waals surface area contributed by atoms with Gasteiger partial charge in [0.2, 0.25) is 5.91 Å². The van der Waals surface area contributed by atoms with Crippen LogP contribution in [0.1, 0.15) is 20.3 Å². The number of ether oxygens (including phenoxy) is 1. The third kappa shape index (κ3) is 5.98.